The lowest BCUT2D eigenvalue weighted by Gasteiger charge is -2.37. The molecule has 1 aliphatic heterocycles. The molecule has 1 aliphatic rings. The van der Waals surface area contributed by atoms with Crippen molar-refractivity contribution in [3.05, 3.63) is 34.6 Å². The Morgan fingerprint density at radius 2 is 2.15 bits per heavy atom. The number of amides is 1. The molecule has 0 aliphatic carbocycles. The Bertz CT molecular complexity index is 543. The zero-order valence-corrected chi connectivity index (χ0v) is 11.8. The van der Waals surface area contributed by atoms with Gasteiger partial charge in [-0.2, -0.15) is 0 Å². The number of nitrogens with zero attached hydrogens (tertiary/aromatic N) is 1. The number of carbonyl (C=O) groups is 2. The number of hydrogen-bond donors (Lipinski definition) is 1. The average molecular weight is 300 g/mol. The van der Waals surface area contributed by atoms with Gasteiger partial charge in [-0.25, -0.2) is 4.39 Å². The van der Waals surface area contributed by atoms with Crippen LogP contribution in [-0.2, 0) is 4.79 Å². The van der Waals surface area contributed by atoms with Gasteiger partial charge >= 0.3 is 5.97 Å². The summed E-state index contributed by atoms with van der Waals surface area (Å²) in [4.78, 5) is 25.0. The summed E-state index contributed by atoms with van der Waals surface area (Å²) in [5.74, 6) is -2.19. The van der Waals surface area contributed by atoms with Crippen molar-refractivity contribution in [2.75, 3.05) is 13.1 Å². The Morgan fingerprint density at radius 1 is 1.45 bits per heavy atom. The van der Waals surface area contributed by atoms with Gasteiger partial charge in [0.1, 0.15) is 5.82 Å². The monoisotopic (exact) mass is 299 g/mol. The maximum absolute atomic E-state index is 13.8. The van der Waals surface area contributed by atoms with Crippen molar-refractivity contribution in [3.63, 3.8) is 0 Å². The lowest BCUT2D eigenvalue weighted by atomic mass is 9.82. The van der Waals surface area contributed by atoms with Gasteiger partial charge in [-0.3, -0.25) is 9.59 Å². The zero-order chi connectivity index (χ0) is 14.9. The Labute approximate surface area is 121 Å². The number of benzene rings is 1. The Kier molecular flexibility index (Phi) is 3.99. The van der Waals surface area contributed by atoms with Gasteiger partial charge in [-0.15, -0.1) is 0 Å². The number of rotatable bonds is 2. The van der Waals surface area contributed by atoms with Gasteiger partial charge in [-0.1, -0.05) is 17.7 Å². The summed E-state index contributed by atoms with van der Waals surface area (Å²) in [5.41, 5.74) is -1.19. The SMILES string of the molecule is CC1(C(=O)O)CCCN(C(=O)c2c(F)cccc2Cl)C1. The van der Waals surface area contributed by atoms with E-state index in [1.807, 2.05) is 0 Å². The van der Waals surface area contributed by atoms with Gasteiger partial charge in [-0.05, 0) is 31.9 Å². The number of carboxylic acid groups (broad SMARTS) is 1. The maximum Gasteiger partial charge on any atom is 0.311 e. The summed E-state index contributed by atoms with van der Waals surface area (Å²) in [6.45, 7) is 2.07. The molecule has 2 rings (SSSR count). The summed E-state index contributed by atoms with van der Waals surface area (Å²) in [6.07, 6.45) is 1.07. The molecule has 0 spiro atoms. The van der Waals surface area contributed by atoms with E-state index >= 15 is 0 Å². The van der Waals surface area contributed by atoms with Crippen molar-refractivity contribution in [2.45, 2.75) is 19.8 Å². The lowest BCUT2D eigenvalue weighted by molar-refractivity contribution is -0.150. The van der Waals surface area contributed by atoms with Crippen molar-refractivity contribution in [1.29, 1.82) is 0 Å². The third-order valence-electron chi connectivity index (χ3n) is 3.68. The molecule has 1 aromatic rings. The van der Waals surface area contributed by atoms with E-state index in [0.29, 0.717) is 19.4 Å². The van der Waals surface area contributed by atoms with E-state index < -0.39 is 23.1 Å². The van der Waals surface area contributed by atoms with Crippen molar-refractivity contribution in [3.8, 4) is 0 Å². The quantitative estimate of drug-likeness (QED) is 0.913. The van der Waals surface area contributed by atoms with Gasteiger partial charge in [0.2, 0.25) is 0 Å². The van der Waals surface area contributed by atoms with E-state index in [1.54, 1.807) is 6.92 Å². The third-order valence-corrected chi connectivity index (χ3v) is 3.99. The second-order valence-corrected chi connectivity index (χ2v) is 5.70. The van der Waals surface area contributed by atoms with Crippen LogP contribution in [0.2, 0.25) is 5.02 Å². The van der Waals surface area contributed by atoms with Crippen molar-refractivity contribution < 1.29 is 19.1 Å². The highest BCUT2D eigenvalue weighted by Crippen LogP contribution is 2.31. The molecular weight excluding hydrogens is 285 g/mol. The predicted molar refractivity (Wildman–Crippen MR) is 72.3 cm³/mol. The van der Waals surface area contributed by atoms with Crippen LogP contribution >= 0.6 is 11.6 Å². The first-order valence-corrected chi connectivity index (χ1v) is 6.69. The Hall–Kier alpha value is -1.62. The first-order valence-electron chi connectivity index (χ1n) is 6.32. The molecule has 20 heavy (non-hydrogen) atoms. The molecule has 108 valence electrons. The zero-order valence-electron chi connectivity index (χ0n) is 11.0. The largest absolute Gasteiger partial charge is 0.481 e. The molecule has 4 nitrogen and oxygen atoms in total. The van der Waals surface area contributed by atoms with Crippen LogP contribution < -0.4 is 0 Å². The molecule has 1 saturated heterocycles. The minimum absolute atomic E-state index is 0.0394. The van der Waals surface area contributed by atoms with Crippen LogP contribution in [0.1, 0.15) is 30.1 Å². The average Bonchev–Trinajstić information content (AvgIpc) is 2.38. The van der Waals surface area contributed by atoms with Gasteiger partial charge < -0.3 is 10.0 Å². The molecule has 1 fully saturated rings. The van der Waals surface area contributed by atoms with Gasteiger partial charge in [0.15, 0.2) is 0 Å². The van der Waals surface area contributed by atoms with Gasteiger partial charge in [0.25, 0.3) is 5.91 Å². The standard InChI is InChI=1S/C14H15ClFNO3/c1-14(13(19)20)6-3-7-17(8-14)12(18)11-9(15)4-2-5-10(11)16/h2,4-5H,3,6-8H2,1H3,(H,19,20). The lowest BCUT2D eigenvalue weighted by Crippen LogP contribution is -2.48. The summed E-state index contributed by atoms with van der Waals surface area (Å²) < 4.78 is 13.8. The molecule has 1 heterocycles. The van der Waals surface area contributed by atoms with Crippen LogP contribution in [-0.4, -0.2) is 35.0 Å². The van der Waals surface area contributed by atoms with E-state index in [1.165, 1.54) is 23.1 Å². The first kappa shape index (κ1) is 14.8. The maximum atomic E-state index is 13.8. The van der Waals surface area contributed by atoms with E-state index in [2.05, 4.69) is 0 Å². The number of carbonyl (C=O) groups excluding carboxylic acids is 1. The normalized spacial score (nSPS) is 22.6. The van der Waals surface area contributed by atoms with Crippen LogP contribution in [0.5, 0.6) is 0 Å². The van der Waals surface area contributed by atoms with Gasteiger partial charge in [0.05, 0.1) is 16.0 Å². The fraction of sp³-hybridized carbons (Fsp3) is 0.429. The van der Waals surface area contributed by atoms with Crippen LogP contribution in [0.4, 0.5) is 4.39 Å². The van der Waals surface area contributed by atoms with Crippen molar-refractivity contribution in [2.24, 2.45) is 5.41 Å². The van der Waals surface area contributed by atoms with E-state index in [9.17, 15) is 19.1 Å². The predicted octanol–water partition coefficient (Wildman–Crippen LogP) is 2.81. The second-order valence-electron chi connectivity index (χ2n) is 5.29. The molecule has 1 atom stereocenters. The molecule has 0 bridgehead atoms. The Morgan fingerprint density at radius 3 is 2.75 bits per heavy atom. The summed E-state index contributed by atoms with van der Waals surface area (Å²) >= 11 is 5.87. The number of aliphatic carboxylic acids is 1. The summed E-state index contributed by atoms with van der Waals surface area (Å²) in [6, 6.07) is 4.03. The molecule has 0 aromatic heterocycles. The molecule has 1 amide bonds. The first-order chi connectivity index (χ1) is 9.35. The minimum atomic E-state index is -0.994. The highest BCUT2D eigenvalue weighted by atomic mass is 35.5. The van der Waals surface area contributed by atoms with E-state index in [4.69, 9.17) is 11.6 Å². The number of halogens is 2. The number of likely N-dealkylation sites (tertiary alicyclic amines) is 1. The molecule has 1 aromatic carbocycles. The molecule has 1 unspecified atom stereocenters. The highest BCUT2D eigenvalue weighted by Gasteiger charge is 2.40. The van der Waals surface area contributed by atoms with Crippen molar-refractivity contribution >= 4 is 23.5 Å². The third kappa shape index (κ3) is 2.63. The van der Waals surface area contributed by atoms with Crippen LogP contribution in [0, 0.1) is 11.2 Å². The number of carboxylic acids is 1. The van der Waals surface area contributed by atoms with E-state index in [0.717, 1.165) is 0 Å². The molecule has 1 N–H and O–H groups in total. The van der Waals surface area contributed by atoms with Crippen molar-refractivity contribution in [1.82, 2.24) is 4.90 Å². The Balaban J connectivity index is 2.28. The van der Waals surface area contributed by atoms with Gasteiger partial charge in [0, 0.05) is 13.1 Å². The number of hydrogen-bond acceptors (Lipinski definition) is 2. The smallest absolute Gasteiger partial charge is 0.311 e. The number of piperidine rings is 1. The molecule has 0 saturated carbocycles. The van der Waals surface area contributed by atoms with Crippen LogP contribution in [0.25, 0.3) is 0 Å². The second kappa shape index (κ2) is 5.40. The topological polar surface area (TPSA) is 57.6 Å². The van der Waals surface area contributed by atoms with E-state index in [-0.39, 0.29) is 17.1 Å². The fourth-order valence-corrected chi connectivity index (χ4v) is 2.69. The summed E-state index contributed by atoms with van der Waals surface area (Å²) in [7, 11) is 0. The fourth-order valence-electron chi connectivity index (χ4n) is 2.45. The van der Waals surface area contributed by atoms with Crippen LogP contribution in [0.3, 0.4) is 0 Å². The molecule has 6 heteroatoms. The molecular formula is C14H15ClFNO3. The van der Waals surface area contributed by atoms with Crippen LogP contribution in [0.15, 0.2) is 18.2 Å². The highest BCUT2D eigenvalue weighted by molar-refractivity contribution is 6.33. The summed E-state index contributed by atoms with van der Waals surface area (Å²) in [5, 5.41) is 9.28. The minimum Gasteiger partial charge on any atom is -0.481 e. The molecule has 0 radical (unpaired) electrons.